The van der Waals surface area contributed by atoms with E-state index in [1.54, 1.807) is 6.92 Å². The van der Waals surface area contributed by atoms with E-state index in [2.05, 4.69) is 33.0 Å². The van der Waals surface area contributed by atoms with Crippen LogP contribution in [0.5, 0.6) is 0 Å². The van der Waals surface area contributed by atoms with Gasteiger partial charge in [-0.2, -0.15) is 0 Å². The van der Waals surface area contributed by atoms with Crippen molar-refractivity contribution in [1.82, 2.24) is 14.8 Å². The van der Waals surface area contributed by atoms with Crippen molar-refractivity contribution >= 4 is 5.91 Å². The largest absolute Gasteiger partial charge is 0.336 e. The standard InChI is InChI=1S/C19H27N3O/c1-16(23)22-13-5-3-9-19(22)17-7-6-12-21(15-17)14-10-18-8-2-4-11-20-18/h2,4,7-8,11,19H,3,5-6,9-10,12-15H2,1H3/t19-/m0/s1. The number of rotatable bonds is 4. The molecule has 3 heterocycles. The molecule has 1 amide bonds. The first-order chi connectivity index (χ1) is 11.2. The Kier molecular flexibility index (Phi) is 5.44. The summed E-state index contributed by atoms with van der Waals surface area (Å²) in [6.07, 6.45) is 9.84. The van der Waals surface area contributed by atoms with Gasteiger partial charge in [-0.15, -0.1) is 0 Å². The van der Waals surface area contributed by atoms with E-state index in [0.717, 1.165) is 57.6 Å². The smallest absolute Gasteiger partial charge is 0.219 e. The van der Waals surface area contributed by atoms with E-state index in [1.807, 2.05) is 12.3 Å². The Balaban J connectivity index is 1.59. The Morgan fingerprint density at radius 3 is 3.00 bits per heavy atom. The minimum Gasteiger partial charge on any atom is -0.336 e. The zero-order valence-electron chi connectivity index (χ0n) is 14.1. The lowest BCUT2D eigenvalue weighted by Gasteiger charge is -2.40. The van der Waals surface area contributed by atoms with Crippen molar-refractivity contribution in [3.63, 3.8) is 0 Å². The lowest BCUT2D eigenvalue weighted by molar-refractivity contribution is -0.131. The molecule has 23 heavy (non-hydrogen) atoms. The van der Waals surface area contributed by atoms with Crippen molar-refractivity contribution < 1.29 is 4.79 Å². The van der Waals surface area contributed by atoms with Gasteiger partial charge in [0.25, 0.3) is 0 Å². The van der Waals surface area contributed by atoms with E-state index in [0.29, 0.717) is 6.04 Å². The van der Waals surface area contributed by atoms with Gasteiger partial charge in [0.15, 0.2) is 0 Å². The summed E-state index contributed by atoms with van der Waals surface area (Å²) in [6.45, 7) is 5.79. The zero-order chi connectivity index (χ0) is 16.1. The van der Waals surface area contributed by atoms with Gasteiger partial charge in [-0.1, -0.05) is 12.1 Å². The van der Waals surface area contributed by atoms with Gasteiger partial charge in [0.1, 0.15) is 0 Å². The molecule has 0 aliphatic carbocycles. The number of hydrogen-bond acceptors (Lipinski definition) is 3. The summed E-state index contributed by atoms with van der Waals surface area (Å²) < 4.78 is 0. The summed E-state index contributed by atoms with van der Waals surface area (Å²) >= 11 is 0. The monoisotopic (exact) mass is 313 g/mol. The Morgan fingerprint density at radius 2 is 2.22 bits per heavy atom. The van der Waals surface area contributed by atoms with Crippen LogP contribution in [0, 0.1) is 0 Å². The minimum atomic E-state index is 0.223. The molecule has 3 rings (SSSR count). The van der Waals surface area contributed by atoms with E-state index >= 15 is 0 Å². The van der Waals surface area contributed by atoms with Crippen molar-refractivity contribution in [2.75, 3.05) is 26.2 Å². The highest BCUT2D eigenvalue weighted by atomic mass is 16.2. The second-order valence-electron chi connectivity index (χ2n) is 6.64. The van der Waals surface area contributed by atoms with Crippen LogP contribution in [0.4, 0.5) is 0 Å². The highest BCUT2D eigenvalue weighted by molar-refractivity contribution is 5.74. The number of amides is 1. The van der Waals surface area contributed by atoms with Crippen LogP contribution in [0.3, 0.4) is 0 Å². The molecule has 0 bridgehead atoms. The zero-order valence-corrected chi connectivity index (χ0v) is 14.1. The van der Waals surface area contributed by atoms with Crippen LogP contribution in [-0.2, 0) is 11.2 Å². The van der Waals surface area contributed by atoms with Crippen LogP contribution in [-0.4, -0.2) is 52.9 Å². The summed E-state index contributed by atoms with van der Waals surface area (Å²) in [5.74, 6) is 0.223. The van der Waals surface area contributed by atoms with Crippen LogP contribution in [0.25, 0.3) is 0 Å². The first-order valence-electron chi connectivity index (χ1n) is 8.82. The lowest BCUT2D eigenvalue weighted by atomic mass is 9.92. The van der Waals surface area contributed by atoms with Gasteiger partial charge in [0.05, 0.1) is 6.04 Å². The van der Waals surface area contributed by atoms with Gasteiger partial charge in [-0.05, 0) is 43.4 Å². The molecule has 1 saturated heterocycles. The van der Waals surface area contributed by atoms with Gasteiger partial charge in [0, 0.05) is 51.4 Å². The third-order valence-corrected chi connectivity index (χ3v) is 5.00. The predicted octanol–water partition coefficient (Wildman–Crippen LogP) is 2.66. The first kappa shape index (κ1) is 16.2. The number of aromatic nitrogens is 1. The number of carbonyl (C=O) groups is 1. The number of hydrogen-bond donors (Lipinski definition) is 0. The summed E-state index contributed by atoms with van der Waals surface area (Å²) in [6, 6.07) is 6.44. The molecule has 1 fully saturated rings. The molecule has 1 aromatic rings. The topological polar surface area (TPSA) is 36.4 Å². The van der Waals surface area contributed by atoms with Crippen LogP contribution < -0.4 is 0 Å². The molecule has 0 unspecified atom stereocenters. The van der Waals surface area contributed by atoms with E-state index in [9.17, 15) is 4.79 Å². The van der Waals surface area contributed by atoms with E-state index in [4.69, 9.17) is 0 Å². The second-order valence-corrected chi connectivity index (χ2v) is 6.64. The molecule has 2 aliphatic rings. The maximum Gasteiger partial charge on any atom is 0.219 e. The molecule has 124 valence electrons. The van der Waals surface area contributed by atoms with Gasteiger partial charge in [-0.25, -0.2) is 0 Å². The van der Waals surface area contributed by atoms with Crippen molar-refractivity contribution in [2.24, 2.45) is 0 Å². The van der Waals surface area contributed by atoms with Crippen molar-refractivity contribution in [2.45, 2.75) is 45.1 Å². The first-order valence-corrected chi connectivity index (χ1v) is 8.82. The number of nitrogens with zero attached hydrogens (tertiary/aromatic N) is 3. The molecular formula is C19H27N3O. The highest BCUT2D eigenvalue weighted by Crippen LogP contribution is 2.26. The molecule has 0 spiro atoms. The van der Waals surface area contributed by atoms with Crippen LogP contribution in [0.1, 0.15) is 38.3 Å². The number of likely N-dealkylation sites (tertiary alicyclic amines) is 1. The lowest BCUT2D eigenvalue weighted by Crippen LogP contribution is -2.47. The molecule has 0 aromatic carbocycles. The molecule has 0 N–H and O–H groups in total. The Hall–Kier alpha value is -1.68. The van der Waals surface area contributed by atoms with Gasteiger partial charge < -0.3 is 4.90 Å². The van der Waals surface area contributed by atoms with Crippen molar-refractivity contribution in [1.29, 1.82) is 0 Å². The van der Waals surface area contributed by atoms with Crippen LogP contribution in [0.2, 0.25) is 0 Å². The van der Waals surface area contributed by atoms with E-state index < -0.39 is 0 Å². The predicted molar refractivity (Wildman–Crippen MR) is 92.1 cm³/mol. The summed E-state index contributed by atoms with van der Waals surface area (Å²) in [5, 5.41) is 0. The van der Waals surface area contributed by atoms with Crippen LogP contribution >= 0.6 is 0 Å². The fourth-order valence-corrected chi connectivity index (χ4v) is 3.78. The maximum absolute atomic E-state index is 11.9. The molecular weight excluding hydrogens is 286 g/mol. The average molecular weight is 313 g/mol. The van der Waals surface area contributed by atoms with Crippen LogP contribution in [0.15, 0.2) is 36.0 Å². The molecule has 2 aliphatic heterocycles. The van der Waals surface area contributed by atoms with Gasteiger partial charge in [0.2, 0.25) is 5.91 Å². The van der Waals surface area contributed by atoms with Gasteiger partial charge >= 0.3 is 0 Å². The molecule has 4 heteroatoms. The van der Waals surface area contributed by atoms with E-state index in [1.165, 1.54) is 12.0 Å². The SMILES string of the molecule is CC(=O)N1CCCC[C@H]1C1=CCCN(CCc2ccccn2)C1. The average Bonchev–Trinajstić information content (AvgIpc) is 2.61. The minimum absolute atomic E-state index is 0.223. The number of piperidine rings is 1. The number of pyridine rings is 1. The quantitative estimate of drug-likeness (QED) is 0.802. The molecule has 0 saturated carbocycles. The Bertz CT molecular complexity index is 555. The fraction of sp³-hybridized carbons (Fsp3) is 0.579. The molecule has 0 radical (unpaired) electrons. The molecule has 1 aromatic heterocycles. The third kappa shape index (κ3) is 4.20. The summed E-state index contributed by atoms with van der Waals surface area (Å²) in [5.41, 5.74) is 2.61. The summed E-state index contributed by atoms with van der Waals surface area (Å²) in [7, 11) is 0. The molecule has 1 atom stereocenters. The maximum atomic E-state index is 11.9. The summed E-state index contributed by atoms with van der Waals surface area (Å²) in [4.78, 5) is 20.9. The normalized spacial score (nSPS) is 22.7. The van der Waals surface area contributed by atoms with Gasteiger partial charge in [-0.3, -0.25) is 14.7 Å². The molecule has 4 nitrogen and oxygen atoms in total. The Morgan fingerprint density at radius 1 is 1.30 bits per heavy atom. The Labute approximate surface area is 139 Å². The second kappa shape index (κ2) is 7.73. The highest BCUT2D eigenvalue weighted by Gasteiger charge is 2.29. The number of carbonyl (C=O) groups excluding carboxylic acids is 1. The third-order valence-electron chi connectivity index (χ3n) is 5.00. The van der Waals surface area contributed by atoms with Crippen molar-refractivity contribution in [3.8, 4) is 0 Å². The van der Waals surface area contributed by atoms with E-state index in [-0.39, 0.29) is 5.91 Å². The van der Waals surface area contributed by atoms with Crippen molar-refractivity contribution in [3.05, 3.63) is 41.7 Å². The fourth-order valence-electron chi connectivity index (χ4n) is 3.78.